The topological polar surface area (TPSA) is 90.8 Å². The first kappa shape index (κ1) is 18.7. The minimum Gasteiger partial charge on any atom is -0.461 e. The molecular formula is C17H29N3O4. The summed E-state index contributed by atoms with van der Waals surface area (Å²) >= 11 is 0. The summed E-state index contributed by atoms with van der Waals surface area (Å²) < 4.78 is 16.6. The van der Waals surface area contributed by atoms with Gasteiger partial charge >= 0.3 is 5.97 Å². The summed E-state index contributed by atoms with van der Waals surface area (Å²) in [5.74, 6) is 0.194. The lowest BCUT2D eigenvalue weighted by Gasteiger charge is -2.35. The highest BCUT2D eigenvalue weighted by Crippen LogP contribution is 2.28. The molecule has 1 saturated heterocycles. The quantitative estimate of drug-likeness (QED) is 0.602. The molecule has 24 heavy (non-hydrogen) atoms. The molecule has 0 saturated carbocycles. The fraction of sp³-hybridized carbons (Fsp3) is 0.765. The predicted molar refractivity (Wildman–Crippen MR) is 91.4 cm³/mol. The summed E-state index contributed by atoms with van der Waals surface area (Å²) in [5.41, 5.74) is 6.33. The van der Waals surface area contributed by atoms with E-state index < -0.39 is 5.97 Å². The third-order valence-corrected chi connectivity index (χ3v) is 4.27. The number of oxazole rings is 1. The number of carbonyl (C=O) groups excluding carboxylic acids is 1. The number of anilines is 1. The van der Waals surface area contributed by atoms with E-state index in [2.05, 4.69) is 11.9 Å². The minimum absolute atomic E-state index is 0.00395. The van der Waals surface area contributed by atoms with E-state index in [9.17, 15) is 4.79 Å². The van der Waals surface area contributed by atoms with Crippen LogP contribution in [0.2, 0.25) is 0 Å². The Hall–Kier alpha value is -1.60. The minimum atomic E-state index is -0.417. The number of aromatic nitrogens is 1. The number of hydrogen-bond donors (Lipinski definition) is 1. The lowest BCUT2D eigenvalue weighted by molar-refractivity contribution is 0.0490. The van der Waals surface area contributed by atoms with E-state index in [0.29, 0.717) is 24.9 Å². The van der Waals surface area contributed by atoms with Gasteiger partial charge in [0.25, 0.3) is 6.01 Å². The summed E-state index contributed by atoms with van der Waals surface area (Å²) in [6.45, 7) is 7.71. The maximum Gasteiger partial charge on any atom is 0.360 e. The Morgan fingerprint density at radius 3 is 2.88 bits per heavy atom. The highest BCUT2D eigenvalue weighted by molar-refractivity contribution is 5.89. The van der Waals surface area contributed by atoms with Gasteiger partial charge in [-0.25, -0.2) is 4.79 Å². The van der Waals surface area contributed by atoms with Crippen LogP contribution in [0.5, 0.6) is 0 Å². The molecule has 2 rings (SSSR count). The van der Waals surface area contributed by atoms with Crippen molar-refractivity contribution >= 4 is 12.0 Å². The van der Waals surface area contributed by atoms with Gasteiger partial charge in [0.2, 0.25) is 0 Å². The number of rotatable bonds is 7. The molecule has 136 valence electrons. The van der Waals surface area contributed by atoms with Crippen LogP contribution >= 0.6 is 0 Å². The standard InChI is InChI=1S/C17H29N3O4/c1-5-6-9-23-16(21)14-15(11(2)3)24-17(19-14)20-8-7-12(18)13(10-20)22-4/h11-13H,5-10,18H2,1-4H3. The van der Waals surface area contributed by atoms with Gasteiger partial charge in [-0.2, -0.15) is 4.98 Å². The molecule has 1 fully saturated rings. The number of methoxy groups -OCH3 is 1. The Labute approximate surface area is 143 Å². The van der Waals surface area contributed by atoms with Crippen molar-refractivity contribution in [3.8, 4) is 0 Å². The number of nitrogens with two attached hydrogens (primary N) is 1. The molecule has 2 heterocycles. The first-order valence-electron chi connectivity index (χ1n) is 8.69. The summed E-state index contributed by atoms with van der Waals surface area (Å²) in [6, 6.07) is 0.444. The van der Waals surface area contributed by atoms with Crippen LogP contribution in [-0.2, 0) is 9.47 Å². The number of piperidine rings is 1. The zero-order chi connectivity index (χ0) is 17.7. The molecule has 2 unspecified atom stereocenters. The van der Waals surface area contributed by atoms with Crippen molar-refractivity contribution < 1.29 is 18.7 Å². The molecule has 1 aromatic heterocycles. The molecule has 0 aromatic carbocycles. The fourth-order valence-corrected chi connectivity index (χ4v) is 2.73. The second-order valence-corrected chi connectivity index (χ2v) is 6.53. The van der Waals surface area contributed by atoms with E-state index in [1.54, 1.807) is 7.11 Å². The molecule has 2 N–H and O–H groups in total. The third kappa shape index (κ3) is 4.27. The van der Waals surface area contributed by atoms with E-state index in [-0.39, 0.29) is 23.8 Å². The molecule has 0 aliphatic carbocycles. The summed E-state index contributed by atoms with van der Waals surface area (Å²) in [5, 5.41) is 0. The highest BCUT2D eigenvalue weighted by atomic mass is 16.5. The van der Waals surface area contributed by atoms with Gasteiger partial charge in [0.15, 0.2) is 5.69 Å². The van der Waals surface area contributed by atoms with Gasteiger partial charge in [-0.15, -0.1) is 0 Å². The monoisotopic (exact) mass is 339 g/mol. The van der Waals surface area contributed by atoms with Crippen molar-refractivity contribution in [2.45, 2.75) is 58.1 Å². The normalized spacial score (nSPS) is 21.3. The SMILES string of the molecule is CCCCOC(=O)c1nc(N2CCC(N)C(OC)C2)oc1C(C)C. The number of unbranched alkanes of at least 4 members (excludes halogenated alkanes) is 1. The zero-order valence-electron chi connectivity index (χ0n) is 15.1. The van der Waals surface area contributed by atoms with E-state index in [4.69, 9.17) is 19.6 Å². The Morgan fingerprint density at radius 1 is 1.50 bits per heavy atom. The van der Waals surface area contributed by atoms with Crippen molar-refractivity contribution in [2.24, 2.45) is 5.73 Å². The van der Waals surface area contributed by atoms with Crippen LogP contribution in [0.4, 0.5) is 6.01 Å². The van der Waals surface area contributed by atoms with Crippen molar-refractivity contribution in [1.82, 2.24) is 4.98 Å². The van der Waals surface area contributed by atoms with Gasteiger partial charge in [0.05, 0.1) is 19.3 Å². The maximum absolute atomic E-state index is 12.3. The average Bonchev–Trinajstić information content (AvgIpc) is 3.01. The van der Waals surface area contributed by atoms with E-state index in [1.807, 2.05) is 18.7 Å². The van der Waals surface area contributed by atoms with Gasteiger partial charge in [0, 0.05) is 25.6 Å². The average molecular weight is 339 g/mol. The Kier molecular flexibility index (Phi) is 6.62. The Morgan fingerprint density at radius 2 is 2.25 bits per heavy atom. The van der Waals surface area contributed by atoms with Crippen LogP contribution in [0, 0.1) is 0 Å². The summed E-state index contributed by atoms with van der Waals surface area (Å²) in [6.07, 6.45) is 2.52. The zero-order valence-corrected chi connectivity index (χ0v) is 15.1. The van der Waals surface area contributed by atoms with Crippen LogP contribution in [0.15, 0.2) is 4.42 Å². The van der Waals surface area contributed by atoms with Gasteiger partial charge in [-0.1, -0.05) is 27.2 Å². The summed E-state index contributed by atoms with van der Waals surface area (Å²) in [4.78, 5) is 18.7. The fourth-order valence-electron chi connectivity index (χ4n) is 2.73. The van der Waals surface area contributed by atoms with Gasteiger partial charge in [0.1, 0.15) is 5.76 Å². The van der Waals surface area contributed by atoms with Crippen LogP contribution in [-0.4, -0.2) is 49.9 Å². The first-order valence-corrected chi connectivity index (χ1v) is 8.69. The molecule has 1 aliphatic rings. The third-order valence-electron chi connectivity index (χ3n) is 4.27. The molecular weight excluding hydrogens is 310 g/mol. The molecule has 0 amide bonds. The molecule has 0 radical (unpaired) electrons. The van der Waals surface area contributed by atoms with Gasteiger partial charge < -0.3 is 24.5 Å². The molecule has 2 atom stereocenters. The molecule has 1 aliphatic heterocycles. The number of carbonyl (C=O) groups is 1. The first-order chi connectivity index (χ1) is 11.5. The van der Waals surface area contributed by atoms with Gasteiger partial charge in [-0.3, -0.25) is 0 Å². The van der Waals surface area contributed by atoms with Crippen molar-refractivity contribution in [3.63, 3.8) is 0 Å². The molecule has 0 bridgehead atoms. The lowest BCUT2D eigenvalue weighted by Crippen LogP contribution is -2.51. The van der Waals surface area contributed by atoms with Crippen LogP contribution in [0.25, 0.3) is 0 Å². The predicted octanol–water partition coefficient (Wildman–Crippen LogP) is 2.31. The summed E-state index contributed by atoms with van der Waals surface area (Å²) in [7, 11) is 1.65. The molecule has 7 heteroatoms. The number of esters is 1. The molecule has 0 spiro atoms. The van der Waals surface area contributed by atoms with Crippen molar-refractivity contribution in [3.05, 3.63) is 11.5 Å². The smallest absolute Gasteiger partial charge is 0.360 e. The van der Waals surface area contributed by atoms with Crippen LogP contribution in [0.3, 0.4) is 0 Å². The number of nitrogens with zero attached hydrogens (tertiary/aromatic N) is 2. The van der Waals surface area contributed by atoms with Gasteiger partial charge in [-0.05, 0) is 12.8 Å². The molecule has 1 aromatic rings. The lowest BCUT2D eigenvalue weighted by atomic mass is 10.0. The molecule has 7 nitrogen and oxygen atoms in total. The van der Waals surface area contributed by atoms with Crippen molar-refractivity contribution in [1.29, 1.82) is 0 Å². The van der Waals surface area contributed by atoms with E-state index >= 15 is 0 Å². The van der Waals surface area contributed by atoms with E-state index in [1.165, 1.54) is 0 Å². The Balaban J connectivity index is 2.17. The van der Waals surface area contributed by atoms with Crippen LogP contribution < -0.4 is 10.6 Å². The van der Waals surface area contributed by atoms with Crippen LogP contribution in [0.1, 0.15) is 62.2 Å². The maximum atomic E-state index is 12.3. The second-order valence-electron chi connectivity index (χ2n) is 6.53. The number of hydrogen-bond acceptors (Lipinski definition) is 7. The Bertz CT molecular complexity index is 544. The largest absolute Gasteiger partial charge is 0.461 e. The number of ether oxygens (including phenoxy) is 2. The van der Waals surface area contributed by atoms with E-state index in [0.717, 1.165) is 25.8 Å². The highest BCUT2D eigenvalue weighted by Gasteiger charge is 2.31. The van der Waals surface area contributed by atoms with Crippen molar-refractivity contribution in [2.75, 3.05) is 31.7 Å². The second kappa shape index (κ2) is 8.48.